The first-order valence-corrected chi connectivity index (χ1v) is 9.14. The SMILES string of the molecule is COCC(=O)Nc1ccc(NS(=O)(=O)c2ccc3c(c2)CCO3)cc1. The monoisotopic (exact) mass is 362 g/mol. The van der Waals surface area contributed by atoms with Gasteiger partial charge in [0.15, 0.2) is 0 Å². The quantitative estimate of drug-likeness (QED) is 0.820. The van der Waals surface area contributed by atoms with Crippen LogP contribution >= 0.6 is 0 Å². The molecule has 0 unspecified atom stereocenters. The number of amides is 1. The number of nitrogens with one attached hydrogen (secondary N) is 2. The molecule has 0 aliphatic carbocycles. The maximum absolute atomic E-state index is 12.5. The Hall–Kier alpha value is -2.58. The molecule has 1 amide bonds. The van der Waals surface area contributed by atoms with Gasteiger partial charge in [0.05, 0.1) is 11.5 Å². The summed E-state index contributed by atoms with van der Waals surface area (Å²) in [7, 11) is -2.26. The minimum absolute atomic E-state index is 0.0452. The third-order valence-corrected chi connectivity index (χ3v) is 5.05. The summed E-state index contributed by atoms with van der Waals surface area (Å²) in [4.78, 5) is 11.6. The van der Waals surface area contributed by atoms with Crippen molar-refractivity contribution in [3.05, 3.63) is 48.0 Å². The van der Waals surface area contributed by atoms with Crippen molar-refractivity contribution >= 4 is 27.3 Å². The molecule has 3 rings (SSSR count). The van der Waals surface area contributed by atoms with Crippen LogP contribution in [0.4, 0.5) is 11.4 Å². The molecule has 2 aromatic rings. The fraction of sp³-hybridized carbons (Fsp3) is 0.235. The minimum Gasteiger partial charge on any atom is -0.493 e. The number of carbonyl (C=O) groups is 1. The van der Waals surface area contributed by atoms with E-state index in [9.17, 15) is 13.2 Å². The molecule has 1 aliphatic rings. The molecule has 0 saturated carbocycles. The summed E-state index contributed by atoms with van der Waals surface area (Å²) in [5, 5.41) is 2.64. The zero-order chi connectivity index (χ0) is 17.9. The normalized spacial score (nSPS) is 13.0. The maximum atomic E-state index is 12.5. The van der Waals surface area contributed by atoms with Crippen molar-refractivity contribution in [3.8, 4) is 5.75 Å². The van der Waals surface area contributed by atoms with Gasteiger partial charge < -0.3 is 14.8 Å². The van der Waals surface area contributed by atoms with E-state index >= 15 is 0 Å². The second-order valence-corrected chi connectivity index (χ2v) is 7.21. The van der Waals surface area contributed by atoms with Gasteiger partial charge in [0.2, 0.25) is 5.91 Å². The first kappa shape index (κ1) is 17.2. The van der Waals surface area contributed by atoms with Gasteiger partial charge in [0, 0.05) is 24.9 Å². The summed E-state index contributed by atoms with van der Waals surface area (Å²) in [6.07, 6.45) is 0.703. The van der Waals surface area contributed by atoms with E-state index in [0.29, 0.717) is 24.4 Å². The lowest BCUT2D eigenvalue weighted by molar-refractivity contribution is -0.119. The van der Waals surface area contributed by atoms with Crippen LogP contribution in [0.5, 0.6) is 5.75 Å². The molecule has 0 saturated heterocycles. The van der Waals surface area contributed by atoms with Gasteiger partial charge in [0.25, 0.3) is 10.0 Å². The Labute approximate surface area is 146 Å². The zero-order valence-electron chi connectivity index (χ0n) is 13.6. The average Bonchev–Trinajstić information content (AvgIpc) is 3.04. The molecule has 2 aromatic carbocycles. The Bertz CT molecular complexity index is 878. The van der Waals surface area contributed by atoms with E-state index in [4.69, 9.17) is 9.47 Å². The van der Waals surface area contributed by atoms with Gasteiger partial charge >= 0.3 is 0 Å². The van der Waals surface area contributed by atoms with Gasteiger partial charge in [-0.3, -0.25) is 9.52 Å². The fourth-order valence-corrected chi connectivity index (χ4v) is 3.60. The van der Waals surface area contributed by atoms with Crippen LogP contribution in [0.2, 0.25) is 0 Å². The van der Waals surface area contributed by atoms with E-state index in [1.54, 1.807) is 36.4 Å². The molecule has 25 heavy (non-hydrogen) atoms. The highest BCUT2D eigenvalue weighted by atomic mass is 32.2. The summed E-state index contributed by atoms with van der Waals surface area (Å²) in [5.74, 6) is 0.450. The molecule has 0 fully saturated rings. The number of methoxy groups -OCH3 is 1. The van der Waals surface area contributed by atoms with E-state index in [2.05, 4.69) is 10.0 Å². The molecule has 1 aliphatic heterocycles. The van der Waals surface area contributed by atoms with Gasteiger partial charge in [-0.05, 0) is 48.0 Å². The van der Waals surface area contributed by atoms with Crippen LogP contribution in [0, 0.1) is 0 Å². The standard InChI is InChI=1S/C17H18N2O5S/c1-23-11-17(20)18-13-2-4-14(5-3-13)19-25(21,22)15-6-7-16-12(10-15)8-9-24-16/h2-7,10,19H,8-9,11H2,1H3,(H,18,20). The average molecular weight is 362 g/mol. The zero-order valence-corrected chi connectivity index (χ0v) is 14.4. The molecule has 1 heterocycles. The van der Waals surface area contributed by atoms with Crippen molar-refractivity contribution in [2.75, 3.05) is 30.4 Å². The van der Waals surface area contributed by atoms with Gasteiger partial charge in [-0.25, -0.2) is 8.42 Å². The number of carbonyl (C=O) groups excluding carboxylic acids is 1. The topological polar surface area (TPSA) is 93.7 Å². The molecule has 2 N–H and O–H groups in total. The van der Waals surface area contributed by atoms with E-state index < -0.39 is 10.0 Å². The number of benzene rings is 2. The lowest BCUT2D eigenvalue weighted by Gasteiger charge is -2.10. The molecular weight excluding hydrogens is 344 g/mol. The lowest BCUT2D eigenvalue weighted by atomic mass is 10.2. The number of hydrogen-bond donors (Lipinski definition) is 2. The number of rotatable bonds is 6. The predicted octanol–water partition coefficient (Wildman–Crippen LogP) is 2.01. The lowest BCUT2D eigenvalue weighted by Crippen LogP contribution is -2.17. The molecule has 7 nitrogen and oxygen atoms in total. The highest BCUT2D eigenvalue weighted by Gasteiger charge is 2.19. The summed E-state index contributed by atoms with van der Waals surface area (Å²) in [5.41, 5.74) is 1.85. The third kappa shape index (κ3) is 4.09. The molecular formula is C17H18N2O5S. The van der Waals surface area contributed by atoms with E-state index in [1.165, 1.54) is 13.2 Å². The molecule has 132 valence electrons. The van der Waals surface area contributed by atoms with E-state index in [1.807, 2.05) is 0 Å². The van der Waals surface area contributed by atoms with Crippen molar-refractivity contribution in [2.45, 2.75) is 11.3 Å². The Morgan fingerprint density at radius 3 is 2.60 bits per heavy atom. The van der Waals surface area contributed by atoms with Gasteiger partial charge in [0.1, 0.15) is 12.4 Å². The van der Waals surface area contributed by atoms with Gasteiger partial charge in [-0.15, -0.1) is 0 Å². The van der Waals surface area contributed by atoms with Gasteiger partial charge in [-0.1, -0.05) is 0 Å². The van der Waals surface area contributed by atoms with Crippen LogP contribution < -0.4 is 14.8 Å². The highest BCUT2D eigenvalue weighted by molar-refractivity contribution is 7.92. The van der Waals surface area contributed by atoms with Crippen molar-refractivity contribution in [1.29, 1.82) is 0 Å². The molecule has 8 heteroatoms. The summed E-state index contributed by atoms with van der Waals surface area (Å²) in [6.45, 7) is 0.527. The van der Waals surface area contributed by atoms with Crippen LogP contribution in [0.25, 0.3) is 0 Å². The fourth-order valence-electron chi connectivity index (χ4n) is 2.49. The number of sulfonamides is 1. The minimum atomic E-state index is -3.69. The Morgan fingerprint density at radius 2 is 1.88 bits per heavy atom. The van der Waals surface area contributed by atoms with Crippen LogP contribution in [0.15, 0.2) is 47.4 Å². The number of ether oxygens (including phenoxy) is 2. The second kappa shape index (κ2) is 7.12. The second-order valence-electron chi connectivity index (χ2n) is 5.53. The molecule has 0 bridgehead atoms. The number of hydrogen-bond acceptors (Lipinski definition) is 5. The van der Waals surface area contributed by atoms with Crippen molar-refractivity contribution in [1.82, 2.24) is 0 Å². The van der Waals surface area contributed by atoms with Crippen molar-refractivity contribution in [2.24, 2.45) is 0 Å². The van der Waals surface area contributed by atoms with Crippen molar-refractivity contribution in [3.63, 3.8) is 0 Å². The molecule has 0 radical (unpaired) electrons. The highest BCUT2D eigenvalue weighted by Crippen LogP contribution is 2.28. The third-order valence-electron chi connectivity index (χ3n) is 3.67. The Balaban J connectivity index is 1.71. The first-order valence-electron chi connectivity index (χ1n) is 7.65. The first-order chi connectivity index (χ1) is 12.0. The van der Waals surface area contributed by atoms with Crippen LogP contribution in [-0.4, -0.2) is 34.6 Å². The van der Waals surface area contributed by atoms with Crippen LogP contribution in [0.1, 0.15) is 5.56 Å². The smallest absolute Gasteiger partial charge is 0.261 e. The molecule has 0 spiro atoms. The van der Waals surface area contributed by atoms with Crippen LogP contribution in [-0.2, 0) is 26.0 Å². The summed E-state index contributed by atoms with van der Waals surface area (Å²) >= 11 is 0. The largest absolute Gasteiger partial charge is 0.493 e. The maximum Gasteiger partial charge on any atom is 0.261 e. The van der Waals surface area contributed by atoms with E-state index in [0.717, 1.165) is 11.3 Å². The van der Waals surface area contributed by atoms with Gasteiger partial charge in [-0.2, -0.15) is 0 Å². The van der Waals surface area contributed by atoms with E-state index in [-0.39, 0.29) is 17.4 Å². The molecule has 0 aromatic heterocycles. The Kier molecular flexibility index (Phi) is 4.91. The van der Waals surface area contributed by atoms with Crippen LogP contribution in [0.3, 0.4) is 0 Å². The number of anilines is 2. The Morgan fingerprint density at radius 1 is 1.16 bits per heavy atom. The predicted molar refractivity (Wildman–Crippen MR) is 93.4 cm³/mol. The molecule has 0 atom stereocenters. The number of fused-ring (bicyclic) bond motifs is 1. The summed E-state index contributed by atoms with van der Waals surface area (Å²) in [6, 6.07) is 11.2. The van der Waals surface area contributed by atoms with Crippen molar-refractivity contribution < 1.29 is 22.7 Å². The summed E-state index contributed by atoms with van der Waals surface area (Å²) < 4.78 is 37.7.